The number of sulfonamides is 1. The number of carboxylic acids is 1. The van der Waals surface area contributed by atoms with Crippen molar-refractivity contribution < 1.29 is 18.3 Å². The molecule has 1 aliphatic carbocycles. The summed E-state index contributed by atoms with van der Waals surface area (Å²) in [6.07, 6.45) is 1.04. The zero-order valence-electron chi connectivity index (χ0n) is 11.6. The highest BCUT2D eigenvalue weighted by Gasteiger charge is 2.45. The Morgan fingerprint density at radius 3 is 2.35 bits per heavy atom. The third-order valence-corrected chi connectivity index (χ3v) is 5.14. The van der Waals surface area contributed by atoms with Crippen LogP contribution >= 0.6 is 0 Å². The Kier molecular flexibility index (Phi) is 3.88. The van der Waals surface area contributed by atoms with E-state index in [2.05, 4.69) is 18.6 Å². The molecule has 5 nitrogen and oxygen atoms in total. The molecule has 6 heteroatoms. The molecule has 1 aliphatic rings. The van der Waals surface area contributed by atoms with E-state index in [-0.39, 0.29) is 16.7 Å². The average Bonchev–Trinajstić information content (AvgIpc) is 2.95. The predicted octanol–water partition coefficient (Wildman–Crippen LogP) is 1.85. The Hall–Kier alpha value is -1.40. The van der Waals surface area contributed by atoms with Gasteiger partial charge in [0.25, 0.3) is 0 Å². The Morgan fingerprint density at radius 1 is 1.35 bits per heavy atom. The van der Waals surface area contributed by atoms with Crippen LogP contribution in [0.4, 0.5) is 0 Å². The predicted molar refractivity (Wildman–Crippen MR) is 75.9 cm³/mol. The van der Waals surface area contributed by atoms with Crippen molar-refractivity contribution in [3.05, 3.63) is 35.4 Å². The SMILES string of the molecule is CC1(C)CC1CNS(=O)(=O)Cc1ccc(C(=O)O)cc1. The molecular weight excluding hydrogens is 278 g/mol. The van der Waals surface area contributed by atoms with Gasteiger partial charge in [0.2, 0.25) is 10.0 Å². The Bertz CT molecular complexity index is 605. The molecule has 1 unspecified atom stereocenters. The van der Waals surface area contributed by atoms with Crippen LogP contribution in [-0.4, -0.2) is 26.0 Å². The van der Waals surface area contributed by atoms with E-state index < -0.39 is 16.0 Å². The maximum atomic E-state index is 11.9. The van der Waals surface area contributed by atoms with Crippen molar-refractivity contribution >= 4 is 16.0 Å². The van der Waals surface area contributed by atoms with Crippen LogP contribution in [0.3, 0.4) is 0 Å². The molecule has 2 N–H and O–H groups in total. The zero-order chi connectivity index (χ0) is 15.0. The van der Waals surface area contributed by atoms with E-state index in [9.17, 15) is 13.2 Å². The minimum atomic E-state index is -3.37. The molecule has 2 rings (SSSR count). The number of carbonyl (C=O) groups is 1. The average molecular weight is 297 g/mol. The number of aromatic carboxylic acids is 1. The maximum Gasteiger partial charge on any atom is 0.335 e. The van der Waals surface area contributed by atoms with Crippen molar-refractivity contribution in [2.75, 3.05) is 6.54 Å². The van der Waals surface area contributed by atoms with Gasteiger partial charge in [-0.15, -0.1) is 0 Å². The fourth-order valence-electron chi connectivity index (χ4n) is 2.17. The van der Waals surface area contributed by atoms with E-state index in [1.165, 1.54) is 24.3 Å². The molecule has 110 valence electrons. The lowest BCUT2D eigenvalue weighted by molar-refractivity contribution is 0.0697. The molecule has 0 aliphatic heterocycles. The van der Waals surface area contributed by atoms with Crippen molar-refractivity contribution in [2.45, 2.75) is 26.0 Å². The molecule has 0 bridgehead atoms. The molecule has 0 aromatic heterocycles. The number of benzene rings is 1. The lowest BCUT2D eigenvalue weighted by atomic mass is 10.1. The first-order valence-electron chi connectivity index (χ1n) is 6.49. The molecule has 1 fully saturated rings. The monoisotopic (exact) mass is 297 g/mol. The van der Waals surface area contributed by atoms with Crippen LogP contribution < -0.4 is 4.72 Å². The molecule has 0 heterocycles. The Morgan fingerprint density at radius 2 is 1.90 bits per heavy atom. The van der Waals surface area contributed by atoms with Gasteiger partial charge in [-0.2, -0.15) is 0 Å². The van der Waals surface area contributed by atoms with Crippen LogP contribution in [0.1, 0.15) is 36.2 Å². The second kappa shape index (κ2) is 5.18. The number of hydrogen-bond donors (Lipinski definition) is 2. The molecule has 0 spiro atoms. The first kappa shape index (κ1) is 15.0. The van der Waals surface area contributed by atoms with Gasteiger partial charge < -0.3 is 5.11 Å². The van der Waals surface area contributed by atoms with Gasteiger partial charge in [-0.25, -0.2) is 17.9 Å². The highest BCUT2D eigenvalue weighted by Crippen LogP contribution is 2.51. The Balaban J connectivity index is 1.92. The Labute approximate surface area is 119 Å². The van der Waals surface area contributed by atoms with Crippen molar-refractivity contribution in [3.8, 4) is 0 Å². The summed E-state index contributed by atoms with van der Waals surface area (Å²) in [4.78, 5) is 10.7. The quantitative estimate of drug-likeness (QED) is 0.839. The van der Waals surface area contributed by atoms with Crippen LogP contribution in [0.5, 0.6) is 0 Å². The van der Waals surface area contributed by atoms with Crippen LogP contribution in [0.25, 0.3) is 0 Å². The van der Waals surface area contributed by atoms with Gasteiger partial charge >= 0.3 is 5.97 Å². The molecule has 1 saturated carbocycles. The summed E-state index contributed by atoms with van der Waals surface area (Å²) in [5.74, 6) is -0.736. The van der Waals surface area contributed by atoms with Crippen molar-refractivity contribution in [1.29, 1.82) is 0 Å². The van der Waals surface area contributed by atoms with Crippen molar-refractivity contribution in [1.82, 2.24) is 4.72 Å². The third kappa shape index (κ3) is 3.80. The van der Waals surface area contributed by atoms with Gasteiger partial charge in [-0.3, -0.25) is 0 Å². The van der Waals surface area contributed by atoms with E-state index in [0.29, 0.717) is 18.0 Å². The second-order valence-corrected chi connectivity index (χ2v) is 7.81. The minimum absolute atomic E-state index is 0.125. The smallest absolute Gasteiger partial charge is 0.335 e. The minimum Gasteiger partial charge on any atom is -0.478 e. The van der Waals surface area contributed by atoms with E-state index in [0.717, 1.165) is 6.42 Å². The normalized spacial score (nSPS) is 20.6. The number of hydrogen-bond acceptors (Lipinski definition) is 3. The summed E-state index contributed by atoms with van der Waals surface area (Å²) in [6.45, 7) is 4.72. The molecular formula is C14H19NO4S. The molecule has 1 aromatic rings. The van der Waals surface area contributed by atoms with Gasteiger partial charge in [0.1, 0.15) is 0 Å². The number of rotatable bonds is 6. The van der Waals surface area contributed by atoms with Gasteiger partial charge in [0.15, 0.2) is 0 Å². The first-order valence-corrected chi connectivity index (χ1v) is 8.14. The van der Waals surface area contributed by atoms with Crippen molar-refractivity contribution in [2.24, 2.45) is 11.3 Å². The largest absolute Gasteiger partial charge is 0.478 e. The molecule has 20 heavy (non-hydrogen) atoms. The fraction of sp³-hybridized carbons (Fsp3) is 0.500. The fourth-order valence-corrected chi connectivity index (χ4v) is 3.35. The van der Waals surface area contributed by atoms with Gasteiger partial charge in [0, 0.05) is 6.54 Å². The zero-order valence-corrected chi connectivity index (χ0v) is 12.4. The third-order valence-electron chi connectivity index (χ3n) is 3.82. The molecule has 0 amide bonds. The lowest BCUT2D eigenvalue weighted by Gasteiger charge is -2.08. The topological polar surface area (TPSA) is 83.5 Å². The standard InChI is InChI=1S/C14H19NO4S/c1-14(2)7-12(14)8-15-20(18,19)9-10-3-5-11(6-4-10)13(16)17/h3-6,12,15H,7-9H2,1-2H3,(H,16,17). The second-order valence-electron chi connectivity index (χ2n) is 6.00. The van der Waals surface area contributed by atoms with E-state index in [1.807, 2.05) is 0 Å². The summed E-state index contributed by atoms with van der Waals surface area (Å²) in [5.41, 5.74) is 0.974. The van der Waals surface area contributed by atoms with E-state index in [1.54, 1.807) is 0 Å². The maximum absolute atomic E-state index is 11.9. The van der Waals surface area contributed by atoms with Crippen LogP contribution in [0.2, 0.25) is 0 Å². The summed E-state index contributed by atoms with van der Waals surface area (Å²) in [6, 6.07) is 5.89. The first-order chi connectivity index (χ1) is 9.20. The van der Waals surface area contributed by atoms with Crippen LogP contribution in [-0.2, 0) is 15.8 Å². The molecule has 0 saturated heterocycles. The molecule has 1 atom stereocenters. The highest BCUT2D eigenvalue weighted by atomic mass is 32.2. The van der Waals surface area contributed by atoms with Crippen LogP contribution in [0, 0.1) is 11.3 Å². The van der Waals surface area contributed by atoms with Gasteiger partial charge in [-0.05, 0) is 35.4 Å². The van der Waals surface area contributed by atoms with E-state index >= 15 is 0 Å². The summed E-state index contributed by atoms with van der Waals surface area (Å²) < 4.78 is 26.5. The molecule has 0 radical (unpaired) electrons. The summed E-state index contributed by atoms with van der Waals surface area (Å²) in [5, 5.41) is 8.78. The summed E-state index contributed by atoms with van der Waals surface area (Å²) in [7, 11) is -3.37. The van der Waals surface area contributed by atoms with Crippen molar-refractivity contribution in [3.63, 3.8) is 0 Å². The van der Waals surface area contributed by atoms with Gasteiger partial charge in [-0.1, -0.05) is 26.0 Å². The van der Waals surface area contributed by atoms with E-state index in [4.69, 9.17) is 5.11 Å². The van der Waals surface area contributed by atoms with Crippen LogP contribution in [0.15, 0.2) is 24.3 Å². The lowest BCUT2D eigenvalue weighted by Crippen LogP contribution is -2.28. The van der Waals surface area contributed by atoms with Gasteiger partial charge in [0.05, 0.1) is 11.3 Å². The highest BCUT2D eigenvalue weighted by molar-refractivity contribution is 7.88. The number of carboxylic acid groups (broad SMARTS) is 1. The molecule has 1 aromatic carbocycles. The number of nitrogens with one attached hydrogen (secondary N) is 1. The summed E-state index contributed by atoms with van der Waals surface area (Å²) >= 11 is 0.